The van der Waals surface area contributed by atoms with Gasteiger partial charge in [-0.2, -0.15) is 0 Å². The molecule has 0 aliphatic rings. The Balaban J connectivity index is 0.000000172. The Labute approximate surface area is 412 Å². The molecule has 0 aromatic heterocycles. The molecule has 0 saturated heterocycles. The molecule has 0 saturated carbocycles. The van der Waals surface area contributed by atoms with E-state index in [0.29, 0.717) is 0 Å². The molecular formula is C50H34I6. The molecule has 0 unspecified atom stereocenters. The summed E-state index contributed by atoms with van der Waals surface area (Å²) in [5.74, 6) is 0. The van der Waals surface area contributed by atoms with Gasteiger partial charge < -0.3 is 0 Å². The number of hydrogen-bond acceptors (Lipinski definition) is 0. The minimum atomic E-state index is -0.367. The first-order valence-electron chi connectivity index (χ1n) is 17.9. The molecule has 0 atom stereocenters. The van der Waals surface area contributed by atoms with Crippen molar-refractivity contribution < 1.29 is 0 Å². The van der Waals surface area contributed by atoms with E-state index >= 15 is 0 Å². The smallest absolute Gasteiger partial charge is 0.0622 e. The second-order valence-electron chi connectivity index (χ2n) is 13.2. The maximum absolute atomic E-state index is 2.46. The van der Waals surface area contributed by atoms with Crippen LogP contribution >= 0.6 is 136 Å². The Morgan fingerprint density at radius 1 is 0.214 bits per heavy atom. The Morgan fingerprint density at radius 3 is 0.536 bits per heavy atom. The summed E-state index contributed by atoms with van der Waals surface area (Å²) < 4.78 is 7.76. The summed E-state index contributed by atoms with van der Waals surface area (Å²) in [7, 11) is 0. The lowest BCUT2D eigenvalue weighted by Gasteiger charge is -2.37. The van der Waals surface area contributed by atoms with Crippen LogP contribution < -0.4 is 0 Å². The van der Waals surface area contributed by atoms with Gasteiger partial charge in [0.1, 0.15) is 0 Å². The summed E-state index contributed by atoms with van der Waals surface area (Å²) >= 11 is 14.7. The van der Waals surface area contributed by atoms with Crippen LogP contribution in [0.2, 0.25) is 0 Å². The SMILES string of the molecule is Ic1cc(C(c2ccccc2)(c2ccccc2)c2ccccc2)cc(I)c1I.Ic1cc(C(c2ccccc2)(c2ccccc2)c2ccccc2)cc(I)c1I. The second-order valence-corrected chi connectivity index (χ2v) is 20.0. The predicted molar refractivity (Wildman–Crippen MR) is 286 cm³/mol. The van der Waals surface area contributed by atoms with Gasteiger partial charge in [0.25, 0.3) is 0 Å². The molecular weight excluding hydrogens is 1360 g/mol. The van der Waals surface area contributed by atoms with E-state index in [1.807, 2.05) is 0 Å². The lowest BCUT2D eigenvalue weighted by Crippen LogP contribution is -2.31. The molecule has 6 heteroatoms. The molecule has 8 rings (SSSR count). The van der Waals surface area contributed by atoms with Crippen LogP contribution in [-0.2, 0) is 10.8 Å². The third-order valence-electron chi connectivity index (χ3n) is 10.1. The molecule has 0 aliphatic carbocycles. The molecule has 8 aromatic carbocycles. The van der Waals surface area contributed by atoms with E-state index < -0.39 is 0 Å². The van der Waals surface area contributed by atoms with Crippen molar-refractivity contribution in [1.82, 2.24) is 0 Å². The molecule has 0 radical (unpaired) electrons. The van der Waals surface area contributed by atoms with E-state index in [4.69, 9.17) is 0 Å². The first-order valence-corrected chi connectivity index (χ1v) is 24.4. The second kappa shape index (κ2) is 19.5. The van der Waals surface area contributed by atoms with Crippen molar-refractivity contribution in [2.75, 3.05) is 0 Å². The average molecular weight is 1400 g/mol. The summed E-state index contributed by atoms with van der Waals surface area (Å²) in [4.78, 5) is 0. The van der Waals surface area contributed by atoms with E-state index in [-0.39, 0.29) is 10.8 Å². The van der Waals surface area contributed by atoms with Crippen molar-refractivity contribution in [3.63, 3.8) is 0 Å². The van der Waals surface area contributed by atoms with E-state index in [1.54, 1.807) is 0 Å². The van der Waals surface area contributed by atoms with E-state index in [9.17, 15) is 0 Å². The van der Waals surface area contributed by atoms with Gasteiger partial charge in [0.2, 0.25) is 0 Å². The molecule has 0 amide bonds. The Kier molecular flexibility index (Phi) is 14.7. The molecule has 0 heterocycles. The molecule has 0 nitrogen and oxygen atoms in total. The van der Waals surface area contributed by atoms with Crippen LogP contribution in [0.25, 0.3) is 0 Å². The summed E-state index contributed by atoms with van der Waals surface area (Å²) in [5, 5.41) is 0. The number of hydrogen-bond donors (Lipinski definition) is 0. The van der Waals surface area contributed by atoms with Gasteiger partial charge in [-0.25, -0.2) is 0 Å². The van der Waals surface area contributed by atoms with Gasteiger partial charge in [-0.05, 0) is 204 Å². The fourth-order valence-electron chi connectivity index (χ4n) is 7.67. The van der Waals surface area contributed by atoms with Gasteiger partial charge >= 0.3 is 0 Å². The highest BCUT2D eigenvalue weighted by Gasteiger charge is 2.40. The van der Waals surface area contributed by atoms with Crippen molar-refractivity contribution in [2.45, 2.75) is 10.8 Å². The number of halogens is 6. The fourth-order valence-corrected chi connectivity index (χ4v) is 11.8. The largest absolute Gasteiger partial charge is 0.0702 e. The molecule has 0 N–H and O–H groups in total. The molecule has 0 fully saturated rings. The maximum Gasteiger partial charge on any atom is 0.0702 e. The highest BCUT2D eigenvalue weighted by molar-refractivity contribution is 14.1. The highest BCUT2D eigenvalue weighted by Crippen LogP contribution is 2.48. The number of rotatable bonds is 8. The highest BCUT2D eigenvalue weighted by atomic mass is 127. The Morgan fingerprint density at radius 2 is 0.375 bits per heavy atom. The minimum Gasteiger partial charge on any atom is -0.0622 e. The van der Waals surface area contributed by atoms with Crippen LogP contribution in [0.5, 0.6) is 0 Å². The summed E-state index contributed by atoms with van der Waals surface area (Å²) in [6.07, 6.45) is 0. The van der Waals surface area contributed by atoms with Crippen LogP contribution in [0.3, 0.4) is 0 Å². The summed E-state index contributed by atoms with van der Waals surface area (Å²) in [5.41, 5.74) is 9.53. The minimum absolute atomic E-state index is 0.367. The van der Waals surface area contributed by atoms with Crippen molar-refractivity contribution in [3.05, 3.63) is 272 Å². The van der Waals surface area contributed by atoms with Crippen LogP contribution in [0.1, 0.15) is 44.5 Å². The molecule has 56 heavy (non-hydrogen) atoms. The first-order chi connectivity index (χ1) is 27.3. The lowest BCUT2D eigenvalue weighted by molar-refractivity contribution is 0.743. The van der Waals surface area contributed by atoms with Crippen LogP contribution in [-0.4, -0.2) is 0 Å². The zero-order valence-electron chi connectivity index (χ0n) is 29.9. The van der Waals surface area contributed by atoms with Crippen molar-refractivity contribution in [2.24, 2.45) is 0 Å². The fraction of sp³-hybridized carbons (Fsp3) is 0.0400. The van der Waals surface area contributed by atoms with Crippen LogP contribution in [0, 0.1) is 21.4 Å². The normalized spacial score (nSPS) is 11.4. The molecule has 0 spiro atoms. The first kappa shape index (κ1) is 42.3. The quantitative estimate of drug-likeness (QED) is 0.0808. The topological polar surface area (TPSA) is 0 Å². The van der Waals surface area contributed by atoms with Gasteiger partial charge in [0, 0.05) is 21.4 Å². The van der Waals surface area contributed by atoms with Gasteiger partial charge in [0.15, 0.2) is 0 Å². The average Bonchev–Trinajstić information content (AvgIpc) is 3.25. The molecule has 0 bridgehead atoms. The molecule has 276 valence electrons. The summed E-state index contributed by atoms with van der Waals surface area (Å²) in [6.45, 7) is 0. The Hall–Kier alpha value is -1.86. The van der Waals surface area contributed by atoms with Crippen molar-refractivity contribution in [3.8, 4) is 0 Å². The monoisotopic (exact) mass is 1400 g/mol. The van der Waals surface area contributed by atoms with Gasteiger partial charge in [-0.1, -0.05) is 182 Å². The van der Waals surface area contributed by atoms with Gasteiger partial charge in [-0.3, -0.25) is 0 Å². The van der Waals surface area contributed by atoms with E-state index in [2.05, 4.69) is 342 Å². The van der Waals surface area contributed by atoms with Gasteiger partial charge in [-0.15, -0.1) is 0 Å². The summed E-state index contributed by atoms with van der Waals surface area (Å²) in [6, 6.07) is 74.5. The lowest BCUT2D eigenvalue weighted by atomic mass is 9.65. The van der Waals surface area contributed by atoms with Crippen LogP contribution in [0.4, 0.5) is 0 Å². The van der Waals surface area contributed by atoms with E-state index in [0.717, 1.165) is 0 Å². The van der Waals surface area contributed by atoms with Crippen molar-refractivity contribution >= 4 is 136 Å². The maximum atomic E-state index is 2.46. The van der Waals surface area contributed by atoms with Crippen LogP contribution in [0.15, 0.2) is 206 Å². The zero-order chi connectivity index (χ0) is 39.1. The predicted octanol–water partition coefficient (Wildman–Crippen LogP) is 15.8. The molecule has 8 aromatic rings. The van der Waals surface area contributed by atoms with Crippen molar-refractivity contribution in [1.29, 1.82) is 0 Å². The molecule has 0 aliphatic heterocycles. The Bertz CT molecular complexity index is 2090. The zero-order valence-corrected chi connectivity index (χ0v) is 42.8. The van der Waals surface area contributed by atoms with E-state index in [1.165, 1.54) is 65.9 Å². The van der Waals surface area contributed by atoms with Gasteiger partial charge in [0.05, 0.1) is 10.8 Å². The third-order valence-corrected chi connectivity index (χ3v) is 19.9. The third kappa shape index (κ3) is 8.57. The number of benzene rings is 8. The standard InChI is InChI=1S/2C25H17I3/c2*26-22-16-21(17-23(27)24(22)28)25(18-10-4-1-5-11-18,19-12-6-2-7-13-19)20-14-8-3-9-15-20/h2*1-17H.